The summed E-state index contributed by atoms with van der Waals surface area (Å²) < 4.78 is 0. The minimum Gasteiger partial charge on any atom is -0.247 e. The molecule has 0 saturated carbocycles. The maximum atomic E-state index is 9.91. The molecule has 1 atom stereocenters. The van der Waals surface area contributed by atoms with E-state index < -0.39 is 5.97 Å². The van der Waals surface area contributed by atoms with Crippen LogP contribution < -0.4 is 0 Å². The van der Waals surface area contributed by atoms with Crippen LogP contribution in [0.3, 0.4) is 0 Å². The largest absolute Gasteiger partial charge is 0.355 e. The lowest BCUT2D eigenvalue weighted by Gasteiger charge is -2.02. The van der Waals surface area contributed by atoms with Gasteiger partial charge in [-0.1, -0.05) is 20.3 Å². The van der Waals surface area contributed by atoms with Gasteiger partial charge >= 0.3 is 5.97 Å². The summed E-state index contributed by atoms with van der Waals surface area (Å²) in [4.78, 5) is 9.91. The average molecular weight is 129 g/mol. The lowest BCUT2D eigenvalue weighted by Crippen LogP contribution is -1.98. The summed E-state index contributed by atoms with van der Waals surface area (Å²) in [6.45, 7) is 4.10. The van der Waals surface area contributed by atoms with Crippen LogP contribution in [0.15, 0.2) is 0 Å². The van der Waals surface area contributed by atoms with Crippen LogP contribution in [-0.4, -0.2) is 5.97 Å². The van der Waals surface area contributed by atoms with E-state index in [0.29, 0.717) is 5.92 Å². The van der Waals surface area contributed by atoms with Crippen LogP contribution >= 0.6 is 0 Å². The first-order valence-corrected chi connectivity index (χ1v) is 3.36. The Morgan fingerprint density at radius 3 is 2.44 bits per heavy atom. The van der Waals surface area contributed by atoms with Crippen LogP contribution in [0.2, 0.25) is 0 Å². The van der Waals surface area contributed by atoms with E-state index in [4.69, 9.17) is 0 Å². The lowest BCUT2D eigenvalue weighted by molar-refractivity contribution is -0.143. The number of hydrogen-bond acceptors (Lipinski definition) is 1. The average Bonchev–Trinajstić information content (AvgIpc) is 1.83. The van der Waals surface area contributed by atoms with Crippen LogP contribution in [0.4, 0.5) is 0 Å². The zero-order chi connectivity index (χ0) is 7.28. The molecular formula is C7H13O2. The summed E-state index contributed by atoms with van der Waals surface area (Å²) >= 11 is 0. The molecule has 0 aliphatic heterocycles. The van der Waals surface area contributed by atoms with E-state index >= 15 is 0 Å². The third kappa shape index (κ3) is 5.34. The highest BCUT2D eigenvalue weighted by Gasteiger charge is 2.03. The fourth-order valence-electron chi connectivity index (χ4n) is 0.568. The van der Waals surface area contributed by atoms with Crippen LogP contribution in [0.1, 0.15) is 33.1 Å². The zero-order valence-electron chi connectivity index (χ0n) is 6.02. The standard InChI is InChI=1S/C7H13O2/c1-3-6(2)4-5-7(8)9/h6H,3-5H2,1-2H3. The molecule has 0 saturated heterocycles. The quantitative estimate of drug-likeness (QED) is 0.570. The van der Waals surface area contributed by atoms with Gasteiger partial charge in [0.1, 0.15) is 0 Å². The van der Waals surface area contributed by atoms with Crippen molar-refractivity contribution in [3.8, 4) is 0 Å². The van der Waals surface area contributed by atoms with E-state index in [1.54, 1.807) is 0 Å². The molecule has 2 heteroatoms. The molecule has 53 valence electrons. The minimum absolute atomic E-state index is 0.203. The molecule has 0 fully saturated rings. The Balaban J connectivity index is 3.16. The van der Waals surface area contributed by atoms with Crippen molar-refractivity contribution in [2.75, 3.05) is 0 Å². The molecule has 0 aromatic carbocycles. The summed E-state index contributed by atoms with van der Waals surface area (Å²) in [5, 5.41) is 9.91. The van der Waals surface area contributed by atoms with E-state index in [1.807, 2.05) is 6.92 Å². The molecule has 2 nitrogen and oxygen atoms in total. The van der Waals surface area contributed by atoms with Crippen molar-refractivity contribution in [2.24, 2.45) is 5.92 Å². The smallest absolute Gasteiger partial charge is 0.247 e. The van der Waals surface area contributed by atoms with Crippen LogP contribution in [0, 0.1) is 5.92 Å². The van der Waals surface area contributed by atoms with E-state index in [1.165, 1.54) is 0 Å². The van der Waals surface area contributed by atoms with Gasteiger partial charge in [0.2, 0.25) is 0 Å². The minimum atomic E-state index is -0.935. The molecule has 0 heterocycles. The number of carbonyl (C=O) groups is 1. The molecule has 1 unspecified atom stereocenters. The molecule has 9 heavy (non-hydrogen) atoms. The first kappa shape index (κ1) is 8.47. The van der Waals surface area contributed by atoms with Gasteiger partial charge in [0, 0.05) is 0 Å². The summed E-state index contributed by atoms with van der Waals surface area (Å²) in [6.07, 6.45) is 2.00. The highest BCUT2D eigenvalue weighted by Crippen LogP contribution is 2.08. The van der Waals surface area contributed by atoms with Crippen molar-refractivity contribution in [1.29, 1.82) is 0 Å². The fraction of sp³-hybridized carbons (Fsp3) is 0.857. The van der Waals surface area contributed by atoms with Gasteiger partial charge in [0.05, 0.1) is 6.42 Å². The topological polar surface area (TPSA) is 37.0 Å². The summed E-state index contributed by atoms with van der Waals surface area (Å²) in [7, 11) is 0. The van der Waals surface area contributed by atoms with Gasteiger partial charge in [-0.3, -0.25) is 0 Å². The molecule has 0 rings (SSSR count). The molecule has 0 aromatic rings. The highest BCUT2D eigenvalue weighted by atomic mass is 16.4. The Morgan fingerprint density at radius 2 is 2.11 bits per heavy atom. The van der Waals surface area contributed by atoms with Crippen LogP contribution in [0.25, 0.3) is 0 Å². The summed E-state index contributed by atoms with van der Waals surface area (Å²) in [5.41, 5.74) is 0. The van der Waals surface area contributed by atoms with Crippen molar-refractivity contribution in [1.82, 2.24) is 0 Å². The second kappa shape index (κ2) is 4.36. The van der Waals surface area contributed by atoms with Gasteiger partial charge in [-0.05, 0) is 12.3 Å². The monoisotopic (exact) mass is 129 g/mol. The van der Waals surface area contributed by atoms with E-state index in [0.717, 1.165) is 12.8 Å². The van der Waals surface area contributed by atoms with Crippen molar-refractivity contribution < 1.29 is 9.90 Å². The van der Waals surface area contributed by atoms with Gasteiger partial charge in [0.25, 0.3) is 0 Å². The third-order valence-electron chi connectivity index (χ3n) is 1.54. The normalized spacial score (nSPS) is 13.1. The molecule has 0 aliphatic carbocycles. The fourth-order valence-corrected chi connectivity index (χ4v) is 0.568. The first-order valence-electron chi connectivity index (χ1n) is 3.36. The molecule has 0 bridgehead atoms. The zero-order valence-corrected chi connectivity index (χ0v) is 6.02. The Bertz CT molecular complexity index is 88.9. The van der Waals surface area contributed by atoms with Crippen molar-refractivity contribution in [2.45, 2.75) is 33.1 Å². The first-order chi connectivity index (χ1) is 4.16. The van der Waals surface area contributed by atoms with Gasteiger partial charge in [-0.15, -0.1) is 0 Å². The van der Waals surface area contributed by atoms with Crippen molar-refractivity contribution in [3.63, 3.8) is 0 Å². The SMILES string of the molecule is CCC(C)CCC([O])=O. The predicted octanol–water partition coefficient (Wildman–Crippen LogP) is 1.77. The Labute approximate surface area is 55.9 Å². The second-order valence-corrected chi connectivity index (χ2v) is 2.42. The molecule has 0 aromatic heterocycles. The lowest BCUT2D eigenvalue weighted by atomic mass is 10.0. The van der Waals surface area contributed by atoms with Crippen molar-refractivity contribution >= 4 is 5.97 Å². The highest BCUT2D eigenvalue weighted by molar-refractivity contribution is 5.66. The predicted molar refractivity (Wildman–Crippen MR) is 34.4 cm³/mol. The maximum Gasteiger partial charge on any atom is 0.355 e. The summed E-state index contributed by atoms with van der Waals surface area (Å²) in [5.74, 6) is -0.418. The van der Waals surface area contributed by atoms with Crippen LogP contribution in [-0.2, 0) is 9.90 Å². The molecule has 0 spiro atoms. The molecule has 0 N–H and O–H groups in total. The maximum absolute atomic E-state index is 9.91. The Kier molecular flexibility index (Phi) is 4.10. The number of rotatable bonds is 4. The van der Waals surface area contributed by atoms with Crippen LogP contribution in [0.5, 0.6) is 0 Å². The van der Waals surface area contributed by atoms with Gasteiger partial charge < -0.3 is 0 Å². The van der Waals surface area contributed by atoms with Gasteiger partial charge in [0.15, 0.2) is 0 Å². The number of carbonyl (C=O) groups excluding carboxylic acids is 1. The molecule has 1 radical (unpaired) electrons. The van der Waals surface area contributed by atoms with E-state index in [2.05, 4.69) is 6.92 Å². The summed E-state index contributed by atoms with van der Waals surface area (Å²) in [6, 6.07) is 0. The number of hydrogen-bond donors (Lipinski definition) is 0. The Morgan fingerprint density at radius 1 is 1.56 bits per heavy atom. The second-order valence-electron chi connectivity index (χ2n) is 2.42. The van der Waals surface area contributed by atoms with E-state index in [-0.39, 0.29) is 6.42 Å². The molecule has 0 aliphatic rings. The van der Waals surface area contributed by atoms with E-state index in [9.17, 15) is 9.90 Å². The Hall–Kier alpha value is -0.530. The van der Waals surface area contributed by atoms with Gasteiger partial charge in [-0.25, -0.2) is 9.90 Å². The van der Waals surface area contributed by atoms with Crippen molar-refractivity contribution in [3.05, 3.63) is 0 Å². The van der Waals surface area contributed by atoms with Gasteiger partial charge in [-0.2, -0.15) is 0 Å². The molecule has 0 amide bonds. The molecular weight excluding hydrogens is 116 g/mol. The third-order valence-corrected chi connectivity index (χ3v) is 1.54.